The minimum absolute atomic E-state index is 0.117. The van der Waals surface area contributed by atoms with Crippen molar-refractivity contribution in [3.05, 3.63) is 29.8 Å². The van der Waals surface area contributed by atoms with Crippen molar-refractivity contribution in [2.24, 2.45) is 11.1 Å². The van der Waals surface area contributed by atoms with Crippen LogP contribution in [0.2, 0.25) is 0 Å². The van der Waals surface area contributed by atoms with E-state index in [9.17, 15) is 4.79 Å². The maximum atomic E-state index is 11.0. The second-order valence-electron chi connectivity index (χ2n) is 4.80. The Bertz CT molecular complexity index is 399. The molecule has 0 amide bonds. The molecule has 0 heterocycles. The van der Waals surface area contributed by atoms with E-state index in [4.69, 9.17) is 15.6 Å². The highest BCUT2D eigenvalue weighted by Crippen LogP contribution is 2.25. The molecule has 4 nitrogen and oxygen atoms in total. The van der Waals surface area contributed by atoms with E-state index in [1.165, 1.54) is 0 Å². The number of rotatable bonds is 5. The number of ether oxygens (including phenoxy) is 1. The standard InChI is InChI=1S/C13H19NO3/c1-9(14)10-6-4-5-7-11(10)17-8-13(2,3)12(15)16/h4-7,9H,8,14H2,1-3H3,(H,15,16)/t9-/m1/s1. The quantitative estimate of drug-likeness (QED) is 0.823. The molecule has 0 spiro atoms. The number of aliphatic carboxylic acids is 1. The van der Waals surface area contributed by atoms with E-state index in [1.807, 2.05) is 25.1 Å². The second-order valence-corrected chi connectivity index (χ2v) is 4.80. The lowest BCUT2D eigenvalue weighted by Crippen LogP contribution is -2.31. The lowest BCUT2D eigenvalue weighted by molar-refractivity contribution is -0.148. The monoisotopic (exact) mass is 237 g/mol. The predicted molar refractivity (Wildman–Crippen MR) is 66.0 cm³/mol. The molecule has 0 radical (unpaired) electrons. The maximum Gasteiger partial charge on any atom is 0.312 e. The van der Waals surface area contributed by atoms with Gasteiger partial charge in [-0.2, -0.15) is 0 Å². The molecule has 1 atom stereocenters. The molecule has 3 N–H and O–H groups in total. The van der Waals surface area contributed by atoms with E-state index in [-0.39, 0.29) is 12.6 Å². The normalized spacial score (nSPS) is 13.2. The molecular formula is C13H19NO3. The molecule has 0 fully saturated rings. The lowest BCUT2D eigenvalue weighted by Gasteiger charge is -2.21. The first-order valence-corrected chi connectivity index (χ1v) is 5.55. The molecule has 0 aromatic heterocycles. The van der Waals surface area contributed by atoms with E-state index >= 15 is 0 Å². The van der Waals surface area contributed by atoms with Crippen LogP contribution in [-0.2, 0) is 4.79 Å². The molecule has 17 heavy (non-hydrogen) atoms. The van der Waals surface area contributed by atoms with E-state index < -0.39 is 11.4 Å². The topological polar surface area (TPSA) is 72.5 Å². The first-order valence-electron chi connectivity index (χ1n) is 5.55. The molecule has 0 saturated carbocycles. The lowest BCUT2D eigenvalue weighted by atomic mass is 9.95. The van der Waals surface area contributed by atoms with Crippen LogP contribution in [0.4, 0.5) is 0 Å². The Balaban J connectivity index is 2.79. The molecule has 0 unspecified atom stereocenters. The highest BCUT2D eigenvalue weighted by Gasteiger charge is 2.28. The van der Waals surface area contributed by atoms with E-state index in [1.54, 1.807) is 19.9 Å². The van der Waals surface area contributed by atoms with Crippen LogP contribution in [-0.4, -0.2) is 17.7 Å². The van der Waals surface area contributed by atoms with Crippen LogP contribution in [0.3, 0.4) is 0 Å². The van der Waals surface area contributed by atoms with Gasteiger partial charge in [-0.3, -0.25) is 4.79 Å². The minimum Gasteiger partial charge on any atom is -0.492 e. The van der Waals surface area contributed by atoms with Gasteiger partial charge in [0.15, 0.2) is 0 Å². The molecular weight excluding hydrogens is 218 g/mol. The summed E-state index contributed by atoms with van der Waals surface area (Å²) in [4.78, 5) is 11.0. The van der Waals surface area contributed by atoms with Gasteiger partial charge in [-0.1, -0.05) is 18.2 Å². The van der Waals surface area contributed by atoms with Gasteiger partial charge in [0.25, 0.3) is 0 Å². The van der Waals surface area contributed by atoms with Crippen molar-refractivity contribution >= 4 is 5.97 Å². The number of hydrogen-bond donors (Lipinski definition) is 2. The van der Waals surface area contributed by atoms with Crippen molar-refractivity contribution in [3.63, 3.8) is 0 Å². The molecule has 94 valence electrons. The van der Waals surface area contributed by atoms with E-state index in [0.717, 1.165) is 5.56 Å². The summed E-state index contributed by atoms with van der Waals surface area (Å²) in [6, 6.07) is 7.27. The fourth-order valence-electron chi connectivity index (χ4n) is 1.31. The zero-order chi connectivity index (χ0) is 13.1. The van der Waals surface area contributed by atoms with Gasteiger partial charge in [0.05, 0.1) is 5.41 Å². The second kappa shape index (κ2) is 5.19. The summed E-state index contributed by atoms with van der Waals surface area (Å²) >= 11 is 0. The van der Waals surface area contributed by atoms with Crippen LogP contribution >= 0.6 is 0 Å². The van der Waals surface area contributed by atoms with Gasteiger partial charge in [-0.25, -0.2) is 0 Å². The van der Waals surface area contributed by atoms with Crippen molar-refractivity contribution in [3.8, 4) is 5.75 Å². The number of benzene rings is 1. The third kappa shape index (κ3) is 3.46. The highest BCUT2D eigenvalue weighted by atomic mass is 16.5. The molecule has 0 aliphatic rings. The number of carboxylic acid groups (broad SMARTS) is 1. The highest BCUT2D eigenvalue weighted by molar-refractivity contribution is 5.73. The van der Waals surface area contributed by atoms with Crippen LogP contribution in [0.15, 0.2) is 24.3 Å². The largest absolute Gasteiger partial charge is 0.492 e. The van der Waals surface area contributed by atoms with Gasteiger partial charge in [-0.05, 0) is 26.8 Å². The van der Waals surface area contributed by atoms with Crippen LogP contribution in [0.1, 0.15) is 32.4 Å². The van der Waals surface area contributed by atoms with Gasteiger partial charge in [0, 0.05) is 11.6 Å². The zero-order valence-electron chi connectivity index (χ0n) is 10.4. The van der Waals surface area contributed by atoms with Crippen molar-refractivity contribution in [2.75, 3.05) is 6.61 Å². The van der Waals surface area contributed by atoms with Crippen LogP contribution < -0.4 is 10.5 Å². The summed E-state index contributed by atoms with van der Waals surface area (Å²) in [6.07, 6.45) is 0. The molecule has 0 bridgehead atoms. The van der Waals surface area contributed by atoms with E-state index in [2.05, 4.69) is 0 Å². The van der Waals surface area contributed by atoms with Crippen LogP contribution in [0, 0.1) is 5.41 Å². The van der Waals surface area contributed by atoms with Crippen molar-refractivity contribution < 1.29 is 14.6 Å². The van der Waals surface area contributed by atoms with Gasteiger partial charge >= 0.3 is 5.97 Å². The van der Waals surface area contributed by atoms with Crippen LogP contribution in [0.25, 0.3) is 0 Å². The molecule has 0 aliphatic carbocycles. The zero-order valence-corrected chi connectivity index (χ0v) is 10.4. The van der Waals surface area contributed by atoms with E-state index in [0.29, 0.717) is 5.75 Å². The number of carboxylic acids is 1. The van der Waals surface area contributed by atoms with Crippen molar-refractivity contribution in [1.29, 1.82) is 0 Å². The Morgan fingerprint density at radius 1 is 1.47 bits per heavy atom. The first-order chi connectivity index (χ1) is 7.84. The Kier molecular flexibility index (Phi) is 4.12. The predicted octanol–water partition coefficient (Wildman–Crippen LogP) is 2.20. The van der Waals surface area contributed by atoms with Gasteiger partial charge in [0.2, 0.25) is 0 Å². The summed E-state index contributed by atoms with van der Waals surface area (Å²) < 4.78 is 5.56. The maximum absolute atomic E-state index is 11.0. The Morgan fingerprint density at radius 2 is 2.06 bits per heavy atom. The third-order valence-corrected chi connectivity index (χ3v) is 2.58. The summed E-state index contributed by atoms with van der Waals surface area (Å²) in [5.74, 6) is -0.229. The van der Waals surface area contributed by atoms with Gasteiger partial charge in [0.1, 0.15) is 12.4 Å². The molecule has 0 saturated heterocycles. The Hall–Kier alpha value is -1.55. The molecule has 1 aromatic rings. The fourth-order valence-corrected chi connectivity index (χ4v) is 1.31. The number of hydrogen-bond acceptors (Lipinski definition) is 3. The minimum atomic E-state index is -0.912. The molecule has 1 aromatic carbocycles. The van der Waals surface area contributed by atoms with Gasteiger partial charge < -0.3 is 15.6 Å². The third-order valence-electron chi connectivity index (χ3n) is 2.58. The van der Waals surface area contributed by atoms with Crippen molar-refractivity contribution in [2.45, 2.75) is 26.8 Å². The average molecular weight is 237 g/mol. The average Bonchev–Trinajstić information content (AvgIpc) is 2.26. The Labute approximate surface area is 101 Å². The summed E-state index contributed by atoms with van der Waals surface area (Å²) in [6.45, 7) is 5.24. The van der Waals surface area contributed by atoms with Gasteiger partial charge in [-0.15, -0.1) is 0 Å². The molecule has 0 aliphatic heterocycles. The first kappa shape index (κ1) is 13.5. The number of nitrogens with two attached hydrogens (primary N) is 1. The smallest absolute Gasteiger partial charge is 0.312 e. The summed E-state index contributed by atoms with van der Waals surface area (Å²) in [5, 5.41) is 8.99. The SMILES string of the molecule is C[C@@H](N)c1ccccc1OCC(C)(C)C(=O)O. The Morgan fingerprint density at radius 3 is 2.59 bits per heavy atom. The molecule has 4 heteroatoms. The van der Waals surface area contributed by atoms with Crippen molar-refractivity contribution in [1.82, 2.24) is 0 Å². The fraction of sp³-hybridized carbons (Fsp3) is 0.462. The number of para-hydroxylation sites is 1. The number of carbonyl (C=O) groups is 1. The summed E-state index contributed by atoms with van der Waals surface area (Å²) in [7, 11) is 0. The molecule has 1 rings (SSSR count). The summed E-state index contributed by atoms with van der Waals surface area (Å²) in [5.41, 5.74) is 5.79. The van der Waals surface area contributed by atoms with Crippen LogP contribution in [0.5, 0.6) is 5.75 Å².